The Hall–Kier alpha value is -3.12. The van der Waals surface area contributed by atoms with Crippen molar-refractivity contribution in [2.45, 2.75) is 58.9 Å². The van der Waals surface area contributed by atoms with Gasteiger partial charge in [0.05, 0.1) is 18.9 Å². The summed E-state index contributed by atoms with van der Waals surface area (Å²) in [6.45, 7) is 10.3. The first-order chi connectivity index (χ1) is 17.6. The van der Waals surface area contributed by atoms with E-state index in [2.05, 4.69) is 23.9 Å². The van der Waals surface area contributed by atoms with Crippen molar-refractivity contribution in [3.8, 4) is 5.75 Å². The van der Waals surface area contributed by atoms with Crippen LogP contribution in [0.25, 0.3) is 0 Å². The maximum absolute atomic E-state index is 13.2. The molecular weight excluding hydrogens is 450 g/mol. The van der Waals surface area contributed by atoms with Crippen molar-refractivity contribution in [2.24, 2.45) is 5.16 Å². The third kappa shape index (κ3) is 7.44. The van der Waals surface area contributed by atoms with Crippen LogP contribution in [-0.2, 0) is 9.63 Å². The van der Waals surface area contributed by atoms with Crippen molar-refractivity contribution in [1.82, 2.24) is 4.90 Å². The van der Waals surface area contributed by atoms with E-state index < -0.39 is 0 Å². The van der Waals surface area contributed by atoms with Crippen molar-refractivity contribution in [1.29, 1.82) is 0 Å². The van der Waals surface area contributed by atoms with Gasteiger partial charge in [-0.15, -0.1) is 0 Å². The van der Waals surface area contributed by atoms with Crippen LogP contribution in [0.4, 0.5) is 5.69 Å². The molecule has 6 heteroatoms. The molecule has 1 unspecified atom stereocenters. The molecule has 2 aromatic rings. The largest absolute Gasteiger partial charge is 0.497 e. The predicted octanol–water partition coefficient (Wildman–Crippen LogP) is 6.39. The Labute approximate surface area is 216 Å². The highest BCUT2D eigenvalue weighted by molar-refractivity contribution is 6.18. The number of amides is 1. The molecule has 0 N–H and O–H groups in total. The molecule has 1 heterocycles. The van der Waals surface area contributed by atoms with E-state index in [0.717, 1.165) is 43.1 Å². The van der Waals surface area contributed by atoms with Crippen LogP contribution in [0.5, 0.6) is 5.75 Å². The van der Waals surface area contributed by atoms with E-state index in [-0.39, 0.29) is 11.9 Å². The lowest BCUT2D eigenvalue weighted by molar-refractivity contribution is -0.119. The summed E-state index contributed by atoms with van der Waals surface area (Å²) in [5.41, 5.74) is 3.31. The minimum Gasteiger partial charge on any atom is -0.497 e. The molecule has 36 heavy (non-hydrogen) atoms. The summed E-state index contributed by atoms with van der Waals surface area (Å²) in [5, 5.41) is 4.28. The Morgan fingerprint density at radius 3 is 2.22 bits per heavy atom. The number of hydrogen-bond acceptors (Lipinski definition) is 5. The molecule has 1 saturated heterocycles. The number of methoxy groups -OCH3 is 1. The van der Waals surface area contributed by atoms with E-state index >= 15 is 0 Å². The number of hydrogen-bond donors (Lipinski definition) is 0. The van der Waals surface area contributed by atoms with Gasteiger partial charge in [0.15, 0.2) is 0 Å². The fourth-order valence-corrected chi connectivity index (χ4v) is 4.41. The molecule has 0 saturated carbocycles. The number of ether oxygens (including phenoxy) is 1. The average Bonchev–Trinajstić information content (AvgIpc) is 2.91. The molecule has 0 radical (unpaired) electrons. The van der Waals surface area contributed by atoms with E-state index in [1.165, 1.54) is 25.7 Å². The smallest absolute Gasteiger partial charge is 0.257 e. The standard InChI is InChI=1S/C30H41N3O3/c1-5-7-19-32(20-8-6-2)21-12-22-36-31-24(3)23-28-29(25-13-10-9-11-14-25)33(30(28)34)26-15-17-27(35-4)18-16-26/h9-11,13-18,23,29H,5-8,12,19-22H2,1-4H3/b28-23+,31-24?. The first-order valence-corrected chi connectivity index (χ1v) is 13.2. The summed E-state index contributed by atoms with van der Waals surface area (Å²) in [5.74, 6) is 0.740. The second-order valence-electron chi connectivity index (χ2n) is 9.25. The fraction of sp³-hybridized carbons (Fsp3) is 0.467. The SMILES string of the molecule is CCCCN(CCCC)CCCON=C(C)/C=C1/C(=O)N(c2ccc(OC)cc2)C1c1ccccc1. The molecule has 1 fully saturated rings. The Morgan fingerprint density at radius 2 is 1.61 bits per heavy atom. The number of carbonyl (C=O) groups excluding carboxylic acids is 1. The predicted molar refractivity (Wildman–Crippen MR) is 148 cm³/mol. The zero-order chi connectivity index (χ0) is 25.8. The zero-order valence-electron chi connectivity index (χ0n) is 22.3. The Balaban J connectivity index is 1.63. The molecule has 0 aliphatic carbocycles. The number of anilines is 1. The summed E-state index contributed by atoms with van der Waals surface area (Å²) in [7, 11) is 1.64. The number of allylic oxidation sites excluding steroid dienone is 1. The maximum atomic E-state index is 13.2. The number of carbonyl (C=O) groups is 1. The summed E-state index contributed by atoms with van der Waals surface area (Å²) in [6.07, 6.45) is 7.71. The van der Waals surface area contributed by atoms with Gasteiger partial charge < -0.3 is 14.5 Å². The quantitative estimate of drug-likeness (QED) is 0.0952. The number of nitrogens with zero attached hydrogens (tertiary/aromatic N) is 3. The molecule has 194 valence electrons. The third-order valence-corrected chi connectivity index (χ3v) is 6.42. The summed E-state index contributed by atoms with van der Waals surface area (Å²) in [6, 6.07) is 17.5. The normalized spacial score (nSPS) is 17.0. The minimum atomic E-state index is -0.164. The lowest BCUT2D eigenvalue weighted by atomic mass is 9.86. The van der Waals surface area contributed by atoms with Gasteiger partial charge in [0.1, 0.15) is 12.4 Å². The van der Waals surface area contributed by atoms with Crippen LogP contribution in [0, 0.1) is 0 Å². The molecule has 0 aromatic heterocycles. The van der Waals surface area contributed by atoms with Gasteiger partial charge >= 0.3 is 0 Å². The minimum absolute atomic E-state index is 0.0222. The van der Waals surface area contributed by atoms with Crippen molar-refractivity contribution in [2.75, 3.05) is 38.3 Å². The molecular formula is C30H41N3O3. The van der Waals surface area contributed by atoms with Gasteiger partial charge in [-0.2, -0.15) is 0 Å². The van der Waals surface area contributed by atoms with Crippen molar-refractivity contribution >= 4 is 17.3 Å². The number of β-lactam (4-membered cyclic amide) rings is 1. The highest BCUT2D eigenvalue weighted by Crippen LogP contribution is 2.43. The molecule has 0 bridgehead atoms. The van der Waals surface area contributed by atoms with Gasteiger partial charge in [-0.3, -0.25) is 9.69 Å². The van der Waals surface area contributed by atoms with Crippen molar-refractivity contribution in [3.05, 3.63) is 71.8 Å². The first kappa shape index (κ1) is 27.5. The molecule has 0 spiro atoms. The second kappa shape index (κ2) is 14.4. The van der Waals surface area contributed by atoms with Crippen LogP contribution in [0.3, 0.4) is 0 Å². The van der Waals surface area contributed by atoms with E-state index in [0.29, 0.717) is 17.9 Å². The van der Waals surface area contributed by atoms with Crippen LogP contribution in [0.1, 0.15) is 64.5 Å². The topological polar surface area (TPSA) is 54.4 Å². The van der Waals surface area contributed by atoms with Gasteiger partial charge in [-0.05, 0) is 75.2 Å². The number of unbranched alkanes of at least 4 members (excludes halogenated alkanes) is 2. The molecule has 6 nitrogen and oxygen atoms in total. The monoisotopic (exact) mass is 491 g/mol. The Kier molecular flexibility index (Phi) is 11.0. The van der Waals surface area contributed by atoms with Gasteiger partial charge in [0.25, 0.3) is 5.91 Å². The van der Waals surface area contributed by atoms with Crippen LogP contribution in [0.2, 0.25) is 0 Å². The van der Waals surface area contributed by atoms with E-state index in [4.69, 9.17) is 9.57 Å². The van der Waals surface area contributed by atoms with Crippen LogP contribution in [0.15, 0.2) is 71.4 Å². The second-order valence-corrected chi connectivity index (χ2v) is 9.25. The summed E-state index contributed by atoms with van der Waals surface area (Å²) in [4.78, 5) is 23.1. The van der Waals surface area contributed by atoms with Crippen molar-refractivity contribution < 1.29 is 14.4 Å². The lowest BCUT2D eigenvalue weighted by Crippen LogP contribution is -2.49. The Bertz CT molecular complexity index is 994. The Morgan fingerprint density at radius 1 is 0.972 bits per heavy atom. The molecule has 1 amide bonds. The molecule has 1 aliphatic heterocycles. The van der Waals surface area contributed by atoms with Crippen LogP contribution >= 0.6 is 0 Å². The summed E-state index contributed by atoms with van der Waals surface area (Å²) >= 11 is 0. The number of oxime groups is 1. The van der Waals surface area contributed by atoms with E-state index in [9.17, 15) is 4.79 Å². The van der Waals surface area contributed by atoms with E-state index in [1.807, 2.05) is 72.5 Å². The fourth-order valence-electron chi connectivity index (χ4n) is 4.41. The zero-order valence-corrected chi connectivity index (χ0v) is 22.3. The van der Waals surface area contributed by atoms with Crippen molar-refractivity contribution in [3.63, 3.8) is 0 Å². The molecule has 2 aromatic carbocycles. The molecule has 1 aliphatic rings. The van der Waals surface area contributed by atoms with Crippen LogP contribution < -0.4 is 9.64 Å². The summed E-state index contributed by atoms with van der Waals surface area (Å²) < 4.78 is 5.27. The van der Waals surface area contributed by atoms with Crippen LogP contribution in [-0.4, -0.2) is 49.9 Å². The van der Waals surface area contributed by atoms with Gasteiger partial charge in [0.2, 0.25) is 0 Å². The number of benzene rings is 2. The van der Waals surface area contributed by atoms with E-state index in [1.54, 1.807) is 7.11 Å². The number of rotatable bonds is 15. The highest BCUT2D eigenvalue weighted by atomic mass is 16.6. The third-order valence-electron chi connectivity index (χ3n) is 6.42. The van der Waals surface area contributed by atoms with Gasteiger partial charge in [0, 0.05) is 17.8 Å². The molecule has 3 rings (SSSR count). The highest BCUT2D eigenvalue weighted by Gasteiger charge is 2.43. The van der Waals surface area contributed by atoms with Gasteiger partial charge in [-0.25, -0.2) is 0 Å². The molecule has 1 atom stereocenters. The first-order valence-electron chi connectivity index (χ1n) is 13.2. The van der Waals surface area contributed by atoms with Gasteiger partial charge in [-0.1, -0.05) is 62.2 Å². The maximum Gasteiger partial charge on any atom is 0.257 e. The lowest BCUT2D eigenvalue weighted by Gasteiger charge is -2.43. The average molecular weight is 492 g/mol.